The predicted molar refractivity (Wildman–Crippen MR) is 35.6 cm³/mol. The summed E-state index contributed by atoms with van der Waals surface area (Å²) in [6, 6.07) is 1.77. The van der Waals surface area contributed by atoms with Crippen molar-refractivity contribution in [1.29, 1.82) is 5.26 Å². The van der Waals surface area contributed by atoms with Gasteiger partial charge in [0.05, 0.1) is 12.4 Å². The highest BCUT2D eigenvalue weighted by atomic mass is 15.2. The molecule has 0 saturated heterocycles. The van der Waals surface area contributed by atoms with Crippen molar-refractivity contribution >= 4 is 5.82 Å². The van der Waals surface area contributed by atoms with Crippen molar-refractivity contribution in [2.24, 2.45) is 5.11 Å². The molecule has 0 bridgehead atoms. The van der Waals surface area contributed by atoms with E-state index in [1.54, 1.807) is 6.07 Å². The van der Waals surface area contributed by atoms with Crippen molar-refractivity contribution in [3.63, 3.8) is 0 Å². The smallest absolute Gasteiger partial charge is 0.159 e. The Labute approximate surface area is 61.8 Å². The second-order valence-corrected chi connectivity index (χ2v) is 1.56. The second-order valence-electron chi connectivity index (χ2n) is 1.56. The molecule has 0 saturated carbocycles. The number of rotatable bonds is 1. The van der Waals surface area contributed by atoms with Crippen molar-refractivity contribution in [3.8, 4) is 6.07 Å². The van der Waals surface area contributed by atoms with Crippen LogP contribution in [0.4, 0.5) is 5.82 Å². The summed E-state index contributed by atoms with van der Waals surface area (Å²) in [5.41, 5.74) is 8.13. The number of nitrogens with zero attached hydrogens (tertiary/aromatic N) is 6. The van der Waals surface area contributed by atoms with Gasteiger partial charge in [0.15, 0.2) is 5.69 Å². The molecule has 0 aliphatic heterocycles. The minimum atomic E-state index is 0.103. The summed E-state index contributed by atoms with van der Waals surface area (Å²) in [6.07, 6.45) is 2.57. The van der Waals surface area contributed by atoms with E-state index in [0.717, 1.165) is 0 Å². The van der Waals surface area contributed by atoms with Gasteiger partial charge in [0, 0.05) is 4.91 Å². The molecule has 0 unspecified atom stereocenters. The molecule has 1 rings (SSSR count). The zero-order valence-electron chi connectivity index (χ0n) is 5.34. The Morgan fingerprint density at radius 2 is 2.45 bits per heavy atom. The fourth-order valence-corrected chi connectivity index (χ4v) is 0.504. The van der Waals surface area contributed by atoms with Gasteiger partial charge in [-0.2, -0.15) is 5.26 Å². The van der Waals surface area contributed by atoms with Crippen LogP contribution in [-0.2, 0) is 0 Å². The van der Waals surface area contributed by atoms with Gasteiger partial charge in [-0.05, 0) is 10.6 Å². The van der Waals surface area contributed by atoms with Crippen molar-refractivity contribution in [3.05, 3.63) is 28.5 Å². The Kier molecular flexibility index (Phi) is 2.00. The maximum absolute atomic E-state index is 8.34. The first kappa shape index (κ1) is 6.99. The molecule has 1 heterocycles. The first-order chi connectivity index (χ1) is 5.36. The molecule has 0 atom stereocenters. The Hall–Kier alpha value is -2.12. The second kappa shape index (κ2) is 3.15. The van der Waals surface area contributed by atoms with E-state index >= 15 is 0 Å². The summed E-state index contributed by atoms with van der Waals surface area (Å²) in [4.78, 5) is 9.76. The van der Waals surface area contributed by atoms with E-state index in [1.807, 2.05) is 0 Å². The van der Waals surface area contributed by atoms with Crippen molar-refractivity contribution in [2.45, 2.75) is 0 Å². The van der Waals surface area contributed by atoms with Gasteiger partial charge in [0.25, 0.3) is 0 Å². The maximum Gasteiger partial charge on any atom is 0.159 e. The highest BCUT2D eigenvalue weighted by Crippen LogP contribution is 2.04. The fourth-order valence-electron chi connectivity index (χ4n) is 0.504. The molecule has 0 amide bonds. The van der Waals surface area contributed by atoms with E-state index in [9.17, 15) is 0 Å². The zero-order valence-corrected chi connectivity index (χ0v) is 5.34. The van der Waals surface area contributed by atoms with E-state index in [-0.39, 0.29) is 11.5 Å². The van der Waals surface area contributed by atoms with Crippen LogP contribution in [0.3, 0.4) is 0 Å². The lowest BCUT2D eigenvalue weighted by atomic mass is 10.5. The largest absolute Gasteiger partial charge is 0.260 e. The summed E-state index contributed by atoms with van der Waals surface area (Å²) in [5, 5.41) is 11.5. The molecule has 0 aromatic carbocycles. The number of nitriles is 1. The van der Waals surface area contributed by atoms with Crippen LogP contribution in [0.1, 0.15) is 5.69 Å². The third-order valence-corrected chi connectivity index (χ3v) is 0.884. The lowest BCUT2D eigenvalue weighted by Crippen LogP contribution is -1.82. The van der Waals surface area contributed by atoms with Gasteiger partial charge in [-0.3, -0.25) is 4.98 Å². The quantitative estimate of drug-likeness (QED) is 0.339. The van der Waals surface area contributed by atoms with Crippen molar-refractivity contribution < 1.29 is 0 Å². The lowest BCUT2D eigenvalue weighted by Gasteiger charge is -1.87. The van der Waals surface area contributed by atoms with Gasteiger partial charge in [-0.25, -0.2) is 4.98 Å². The SMILES string of the molecule is N#Cc1cncc(N=[N+]=[N-])n1. The summed E-state index contributed by atoms with van der Waals surface area (Å²) in [5.74, 6) is 0.103. The predicted octanol–water partition coefficient (Wildman–Crippen LogP) is 1.29. The van der Waals surface area contributed by atoms with Crippen LogP contribution in [0.2, 0.25) is 0 Å². The molecule has 52 valence electrons. The van der Waals surface area contributed by atoms with Gasteiger partial charge in [-0.1, -0.05) is 0 Å². The summed E-state index contributed by atoms with van der Waals surface area (Å²) < 4.78 is 0. The fraction of sp³-hybridized carbons (Fsp3) is 0. The normalized spacial score (nSPS) is 7.91. The minimum Gasteiger partial charge on any atom is -0.260 e. The van der Waals surface area contributed by atoms with Gasteiger partial charge < -0.3 is 0 Å². The van der Waals surface area contributed by atoms with Crippen LogP contribution in [0.25, 0.3) is 10.4 Å². The molecule has 0 aliphatic carbocycles. The molecule has 0 aliphatic rings. The van der Waals surface area contributed by atoms with E-state index in [2.05, 4.69) is 20.0 Å². The summed E-state index contributed by atoms with van der Waals surface area (Å²) >= 11 is 0. The lowest BCUT2D eigenvalue weighted by molar-refractivity contribution is 1.14. The van der Waals surface area contributed by atoms with Crippen molar-refractivity contribution in [2.75, 3.05) is 0 Å². The first-order valence-corrected chi connectivity index (χ1v) is 2.64. The molecular weight excluding hydrogens is 144 g/mol. The Balaban J connectivity index is 3.12. The monoisotopic (exact) mass is 146 g/mol. The number of hydrogen-bond acceptors (Lipinski definition) is 4. The minimum absolute atomic E-state index is 0.103. The molecule has 6 nitrogen and oxygen atoms in total. The van der Waals surface area contributed by atoms with Crippen LogP contribution in [0.15, 0.2) is 17.5 Å². The Morgan fingerprint density at radius 1 is 1.64 bits per heavy atom. The average molecular weight is 146 g/mol. The van der Waals surface area contributed by atoms with Crippen LogP contribution >= 0.6 is 0 Å². The Bertz CT molecular complexity index is 344. The molecule has 11 heavy (non-hydrogen) atoms. The van der Waals surface area contributed by atoms with Crippen LogP contribution in [-0.4, -0.2) is 9.97 Å². The Morgan fingerprint density at radius 3 is 3.09 bits per heavy atom. The zero-order chi connectivity index (χ0) is 8.10. The van der Waals surface area contributed by atoms with E-state index in [4.69, 9.17) is 10.8 Å². The van der Waals surface area contributed by atoms with Crippen molar-refractivity contribution in [1.82, 2.24) is 9.97 Å². The summed E-state index contributed by atoms with van der Waals surface area (Å²) in [6.45, 7) is 0. The maximum atomic E-state index is 8.34. The summed E-state index contributed by atoms with van der Waals surface area (Å²) in [7, 11) is 0. The van der Waals surface area contributed by atoms with Gasteiger partial charge >= 0.3 is 0 Å². The molecule has 1 aromatic rings. The highest BCUT2D eigenvalue weighted by molar-refractivity contribution is 5.28. The molecule has 0 N–H and O–H groups in total. The highest BCUT2D eigenvalue weighted by Gasteiger charge is 1.92. The molecular formula is C5H2N6. The number of hydrogen-bond donors (Lipinski definition) is 0. The topological polar surface area (TPSA) is 98.3 Å². The molecule has 0 radical (unpaired) electrons. The van der Waals surface area contributed by atoms with Crippen LogP contribution < -0.4 is 0 Å². The van der Waals surface area contributed by atoms with Crippen LogP contribution in [0.5, 0.6) is 0 Å². The van der Waals surface area contributed by atoms with Crippen LogP contribution in [0, 0.1) is 11.3 Å². The number of aromatic nitrogens is 2. The molecule has 0 spiro atoms. The van der Waals surface area contributed by atoms with E-state index < -0.39 is 0 Å². The third-order valence-electron chi connectivity index (χ3n) is 0.884. The number of azide groups is 1. The van der Waals surface area contributed by atoms with E-state index in [1.165, 1.54) is 12.4 Å². The van der Waals surface area contributed by atoms with Gasteiger partial charge in [0.2, 0.25) is 0 Å². The van der Waals surface area contributed by atoms with Gasteiger partial charge in [-0.15, -0.1) is 0 Å². The molecule has 1 aromatic heterocycles. The molecule has 6 heteroatoms. The van der Waals surface area contributed by atoms with E-state index in [0.29, 0.717) is 0 Å². The first-order valence-electron chi connectivity index (χ1n) is 2.64. The average Bonchev–Trinajstić information content (AvgIpc) is 2.06. The van der Waals surface area contributed by atoms with Gasteiger partial charge in [0.1, 0.15) is 11.9 Å². The standard InChI is InChI=1S/C5H2N6/c6-1-4-2-8-3-5(9-4)10-11-7/h2-3H. The third kappa shape index (κ3) is 1.64. The molecule has 0 fully saturated rings.